The third kappa shape index (κ3) is 3.55. The van der Waals surface area contributed by atoms with E-state index < -0.39 is 0 Å². The molecule has 1 aliphatic rings. The number of aryl methyl sites for hydroxylation is 1. The first-order valence-electron chi connectivity index (χ1n) is 6.68. The van der Waals surface area contributed by atoms with Gasteiger partial charge in [-0.2, -0.15) is 0 Å². The summed E-state index contributed by atoms with van der Waals surface area (Å²) in [5.41, 5.74) is 2.12. The molecule has 1 aliphatic heterocycles. The van der Waals surface area contributed by atoms with Crippen LogP contribution in [0, 0.1) is 12.3 Å². The highest BCUT2D eigenvalue weighted by Crippen LogP contribution is 2.36. The van der Waals surface area contributed by atoms with Gasteiger partial charge in [0.25, 0.3) is 0 Å². The van der Waals surface area contributed by atoms with Gasteiger partial charge < -0.3 is 15.2 Å². The molecule has 0 amide bonds. The molecule has 21 heavy (non-hydrogen) atoms. The van der Waals surface area contributed by atoms with Crippen molar-refractivity contribution in [1.82, 2.24) is 10.2 Å². The van der Waals surface area contributed by atoms with Crippen molar-refractivity contribution in [2.45, 2.75) is 11.3 Å². The summed E-state index contributed by atoms with van der Waals surface area (Å²) in [6.07, 6.45) is 0. The van der Waals surface area contributed by atoms with Crippen LogP contribution in [-0.4, -0.2) is 40.9 Å². The number of nitrogens with zero attached hydrogens (tertiary/aromatic N) is 2. The summed E-state index contributed by atoms with van der Waals surface area (Å²) in [5.74, 6) is 0.808. The Morgan fingerprint density at radius 2 is 2.29 bits per heavy atom. The standard InChI is InChI=1S/C14H17N3O2S2/c1-10-3-2-4-11(5-10)15-12-16-17-13(21-12)20-9-14(6-18)7-19-8-14/h2-5,18H,6-9H2,1H3,(H,15,16). The lowest BCUT2D eigenvalue weighted by atomic mass is 9.90. The fourth-order valence-corrected chi connectivity index (χ4v) is 3.92. The Hall–Kier alpha value is -1.15. The summed E-state index contributed by atoms with van der Waals surface area (Å²) >= 11 is 3.15. The number of aromatic nitrogens is 2. The molecule has 5 nitrogen and oxygen atoms in total. The van der Waals surface area contributed by atoms with E-state index in [1.165, 1.54) is 16.9 Å². The molecule has 7 heteroatoms. The minimum Gasteiger partial charge on any atom is -0.396 e. The van der Waals surface area contributed by atoms with E-state index in [0.717, 1.165) is 20.9 Å². The van der Waals surface area contributed by atoms with Gasteiger partial charge in [0.15, 0.2) is 4.34 Å². The quantitative estimate of drug-likeness (QED) is 0.797. The first-order valence-corrected chi connectivity index (χ1v) is 8.48. The molecular weight excluding hydrogens is 306 g/mol. The summed E-state index contributed by atoms with van der Waals surface area (Å²) in [7, 11) is 0. The van der Waals surface area contributed by atoms with Crippen molar-refractivity contribution in [3.05, 3.63) is 29.8 Å². The number of hydrogen-bond acceptors (Lipinski definition) is 7. The maximum atomic E-state index is 9.40. The predicted octanol–water partition coefficient (Wildman–Crippen LogP) is 2.69. The van der Waals surface area contributed by atoms with E-state index in [1.807, 2.05) is 12.1 Å². The fraction of sp³-hybridized carbons (Fsp3) is 0.429. The Morgan fingerprint density at radius 1 is 1.43 bits per heavy atom. The number of aliphatic hydroxyl groups is 1. The van der Waals surface area contributed by atoms with Crippen molar-refractivity contribution >= 4 is 33.9 Å². The smallest absolute Gasteiger partial charge is 0.210 e. The maximum Gasteiger partial charge on any atom is 0.210 e. The average Bonchev–Trinajstić information content (AvgIpc) is 2.86. The van der Waals surface area contributed by atoms with Gasteiger partial charge in [-0.05, 0) is 24.6 Å². The van der Waals surface area contributed by atoms with Gasteiger partial charge in [-0.15, -0.1) is 10.2 Å². The van der Waals surface area contributed by atoms with Crippen LogP contribution in [-0.2, 0) is 4.74 Å². The van der Waals surface area contributed by atoms with Crippen LogP contribution in [0.3, 0.4) is 0 Å². The number of hydrogen-bond donors (Lipinski definition) is 2. The van der Waals surface area contributed by atoms with Gasteiger partial charge in [0, 0.05) is 16.9 Å². The monoisotopic (exact) mass is 323 g/mol. The third-order valence-electron chi connectivity index (χ3n) is 3.33. The van der Waals surface area contributed by atoms with Gasteiger partial charge in [-0.25, -0.2) is 0 Å². The number of anilines is 2. The molecule has 0 atom stereocenters. The second-order valence-corrected chi connectivity index (χ2v) is 7.51. The normalized spacial score (nSPS) is 16.5. The van der Waals surface area contributed by atoms with Crippen molar-refractivity contribution in [1.29, 1.82) is 0 Å². The zero-order valence-corrected chi connectivity index (χ0v) is 13.3. The predicted molar refractivity (Wildman–Crippen MR) is 85.4 cm³/mol. The van der Waals surface area contributed by atoms with Gasteiger partial charge >= 0.3 is 0 Å². The van der Waals surface area contributed by atoms with E-state index in [-0.39, 0.29) is 12.0 Å². The van der Waals surface area contributed by atoms with E-state index in [9.17, 15) is 5.11 Å². The van der Waals surface area contributed by atoms with E-state index in [0.29, 0.717) is 13.2 Å². The van der Waals surface area contributed by atoms with Crippen LogP contribution < -0.4 is 5.32 Å². The van der Waals surface area contributed by atoms with Gasteiger partial charge in [0.1, 0.15) is 0 Å². The van der Waals surface area contributed by atoms with Crippen LogP contribution >= 0.6 is 23.1 Å². The van der Waals surface area contributed by atoms with E-state index in [1.54, 1.807) is 11.8 Å². The minimum absolute atomic E-state index is 0.0968. The van der Waals surface area contributed by atoms with E-state index in [2.05, 4.69) is 34.6 Å². The number of aliphatic hydroxyl groups excluding tert-OH is 1. The molecule has 0 aliphatic carbocycles. The van der Waals surface area contributed by atoms with Crippen molar-refractivity contribution in [3.8, 4) is 0 Å². The summed E-state index contributed by atoms with van der Waals surface area (Å²) < 4.78 is 6.10. The number of ether oxygens (including phenoxy) is 1. The van der Waals surface area contributed by atoms with Crippen molar-refractivity contribution < 1.29 is 9.84 Å². The van der Waals surface area contributed by atoms with E-state index in [4.69, 9.17) is 4.74 Å². The van der Waals surface area contributed by atoms with Gasteiger partial charge in [0.2, 0.25) is 5.13 Å². The highest BCUT2D eigenvalue weighted by atomic mass is 32.2. The zero-order chi connectivity index (χ0) is 14.7. The minimum atomic E-state index is -0.0968. The molecule has 3 rings (SSSR count). The molecule has 2 aromatic rings. The summed E-state index contributed by atoms with van der Waals surface area (Å²) in [5, 5.41) is 21.8. The van der Waals surface area contributed by atoms with Gasteiger partial charge in [0.05, 0.1) is 19.8 Å². The number of rotatable bonds is 6. The highest BCUT2D eigenvalue weighted by molar-refractivity contribution is 8.01. The van der Waals surface area contributed by atoms with E-state index >= 15 is 0 Å². The molecule has 1 aromatic carbocycles. The Labute approximate surface area is 131 Å². The lowest BCUT2D eigenvalue weighted by molar-refractivity contribution is -0.121. The molecule has 0 bridgehead atoms. The average molecular weight is 323 g/mol. The maximum absolute atomic E-state index is 9.40. The number of nitrogens with one attached hydrogen (secondary N) is 1. The largest absolute Gasteiger partial charge is 0.396 e. The second kappa shape index (κ2) is 6.31. The molecule has 0 spiro atoms. The SMILES string of the molecule is Cc1cccc(Nc2nnc(SCC3(CO)COC3)s2)c1. The molecule has 0 saturated carbocycles. The highest BCUT2D eigenvalue weighted by Gasteiger charge is 2.38. The fourth-order valence-electron chi connectivity index (χ4n) is 1.99. The van der Waals surface area contributed by atoms with Crippen LogP contribution in [0.4, 0.5) is 10.8 Å². The first-order chi connectivity index (χ1) is 10.2. The summed E-state index contributed by atoms with van der Waals surface area (Å²) in [4.78, 5) is 0. The van der Waals surface area contributed by atoms with Gasteiger partial charge in [-0.3, -0.25) is 0 Å². The Kier molecular flexibility index (Phi) is 4.44. The molecule has 1 aromatic heterocycles. The molecule has 112 valence electrons. The Balaban J connectivity index is 1.58. The summed E-state index contributed by atoms with van der Waals surface area (Å²) in [6.45, 7) is 3.47. The molecular formula is C14H17N3O2S2. The van der Waals surface area contributed by atoms with Crippen molar-refractivity contribution in [3.63, 3.8) is 0 Å². The molecule has 0 radical (unpaired) electrons. The van der Waals surface area contributed by atoms with Crippen LogP contribution in [0.15, 0.2) is 28.6 Å². The molecule has 2 heterocycles. The number of thioether (sulfide) groups is 1. The zero-order valence-electron chi connectivity index (χ0n) is 11.7. The Morgan fingerprint density at radius 3 is 2.95 bits per heavy atom. The third-order valence-corrected chi connectivity index (χ3v) is 5.65. The van der Waals surface area contributed by atoms with Crippen LogP contribution in [0.5, 0.6) is 0 Å². The van der Waals surface area contributed by atoms with Gasteiger partial charge in [-0.1, -0.05) is 35.2 Å². The lowest BCUT2D eigenvalue weighted by Crippen LogP contribution is -2.47. The first kappa shape index (κ1) is 14.8. The Bertz CT molecular complexity index is 608. The lowest BCUT2D eigenvalue weighted by Gasteiger charge is -2.39. The topological polar surface area (TPSA) is 67.3 Å². The number of benzene rings is 1. The summed E-state index contributed by atoms with van der Waals surface area (Å²) in [6, 6.07) is 8.14. The molecule has 1 saturated heterocycles. The second-order valence-electron chi connectivity index (χ2n) is 5.31. The van der Waals surface area contributed by atoms with Crippen LogP contribution in [0.1, 0.15) is 5.56 Å². The van der Waals surface area contributed by atoms with Crippen molar-refractivity contribution in [2.75, 3.05) is 30.9 Å². The van der Waals surface area contributed by atoms with Crippen molar-refractivity contribution in [2.24, 2.45) is 5.41 Å². The molecule has 0 unspecified atom stereocenters. The molecule has 1 fully saturated rings. The molecule has 2 N–H and O–H groups in total. The van der Waals surface area contributed by atoms with Crippen LogP contribution in [0.2, 0.25) is 0 Å². The van der Waals surface area contributed by atoms with Crippen LogP contribution in [0.25, 0.3) is 0 Å².